The van der Waals surface area contributed by atoms with Gasteiger partial charge in [0, 0.05) is 32.4 Å². The van der Waals surface area contributed by atoms with Crippen LogP contribution >= 0.6 is 0 Å². The van der Waals surface area contributed by atoms with Gasteiger partial charge in [0.05, 0.1) is 17.4 Å². The predicted molar refractivity (Wildman–Crippen MR) is 78.9 cm³/mol. The molecule has 0 aromatic carbocycles. The van der Waals surface area contributed by atoms with Gasteiger partial charge in [-0.25, -0.2) is 0 Å². The fourth-order valence-corrected chi connectivity index (χ4v) is 3.28. The maximum Gasteiger partial charge on any atom is 0.256 e. The first kappa shape index (κ1) is 13.4. The molecule has 0 spiro atoms. The highest BCUT2D eigenvalue weighted by Gasteiger charge is 2.32. The third kappa shape index (κ3) is 2.50. The smallest absolute Gasteiger partial charge is 0.256 e. The summed E-state index contributed by atoms with van der Waals surface area (Å²) in [5.74, 6) is 0.124. The summed E-state index contributed by atoms with van der Waals surface area (Å²) in [5.41, 5.74) is 1.53. The molecule has 3 heterocycles. The Kier molecular flexibility index (Phi) is 3.87. The summed E-state index contributed by atoms with van der Waals surface area (Å²) in [6, 6.07) is 2.36. The van der Waals surface area contributed by atoms with E-state index in [1.54, 1.807) is 18.5 Å². The molecule has 0 saturated carbocycles. The van der Waals surface area contributed by atoms with Crippen molar-refractivity contribution in [3.8, 4) is 0 Å². The van der Waals surface area contributed by atoms with E-state index in [9.17, 15) is 4.79 Å². The minimum absolute atomic E-state index is 0.124. The monoisotopic (exact) mass is 274 g/mol. The van der Waals surface area contributed by atoms with Crippen LogP contribution in [0.25, 0.3) is 0 Å². The van der Waals surface area contributed by atoms with Gasteiger partial charge in [-0.05, 0) is 38.4 Å². The molecule has 1 aromatic heterocycles. The van der Waals surface area contributed by atoms with E-state index in [-0.39, 0.29) is 5.91 Å². The van der Waals surface area contributed by atoms with Crippen LogP contribution in [-0.4, -0.2) is 60.0 Å². The van der Waals surface area contributed by atoms with Crippen molar-refractivity contribution in [3.05, 3.63) is 24.0 Å². The van der Waals surface area contributed by atoms with Gasteiger partial charge in [0.2, 0.25) is 0 Å². The van der Waals surface area contributed by atoms with Crippen LogP contribution in [0.1, 0.15) is 29.6 Å². The van der Waals surface area contributed by atoms with Gasteiger partial charge >= 0.3 is 0 Å². The number of carbonyl (C=O) groups is 1. The highest BCUT2D eigenvalue weighted by molar-refractivity contribution is 5.99. The van der Waals surface area contributed by atoms with Crippen molar-refractivity contribution in [1.29, 1.82) is 0 Å². The van der Waals surface area contributed by atoms with E-state index in [1.165, 1.54) is 25.9 Å². The molecule has 5 heteroatoms. The molecular weight excluding hydrogens is 252 g/mol. The largest absolute Gasteiger partial charge is 0.386 e. The van der Waals surface area contributed by atoms with E-state index >= 15 is 0 Å². The Morgan fingerprint density at radius 2 is 2.15 bits per heavy atom. The van der Waals surface area contributed by atoms with Crippen LogP contribution in [0.3, 0.4) is 0 Å². The lowest BCUT2D eigenvalue weighted by Crippen LogP contribution is -2.37. The molecule has 2 aliphatic heterocycles. The number of carbonyl (C=O) groups excluding carboxylic acids is 1. The fraction of sp³-hybridized carbons (Fsp3) is 0.600. The Hall–Kier alpha value is -1.62. The standard InChI is InChI=1S/C15H22N4O/c1-16-14-10-17-6-4-13(14)15(20)19-9-5-12(11-19)18-7-2-3-8-18/h4,6,10,12,16H,2-3,5,7-9,11H2,1H3. The lowest BCUT2D eigenvalue weighted by molar-refractivity contribution is 0.0781. The Bertz CT molecular complexity index is 485. The van der Waals surface area contributed by atoms with Gasteiger partial charge in [-0.3, -0.25) is 14.7 Å². The molecule has 2 fully saturated rings. The number of aromatic nitrogens is 1. The first-order valence-electron chi connectivity index (χ1n) is 7.44. The molecule has 2 aliphatic rings. The molecule has 2 saturated heterocycles. The lowest BCUT2D eigenvalue weighted by Gasteiger charge is -2.24. The van der Waals surface area contributed by atoms with E-state index < -0.39 is 0 Å². The summed E-state index contributed by atoms with van der Waals surface area (Å²) in [7, 11) is 1.82. The van der Waals surface area contributed by atoms with Gasteiger partial charge in [0.1, 0.15) is 0 Å². The maximum absolute atomic E-state index is 12.6. The molecular formula is C15H22N4O. The number of rotatable bonds is 3. The second kappa shape index (κ2) is 5.79. The Morgan fingerprint density at radius 1 is 1.35 bits per heavy atom. The zero-order valence-electron chi connectivity index (χ0n) is 12.0. The summed E-state index contributed by atoms with van der Waals surface area (Å²) >= 11 is 0. The molecule has 108 valence electrons. The van der Waals surface area contributed by atoms with Gasteiger partial charge in [-0.1, -0.05) is 0 Å². The second-order valence-corrected chi connectivity index (χ2v) is 5.61. The van der Waals surface area contributed by atoms with Gasteiger partial charge < -0.3 is 10.2 Å². The summed E-state index contributed by atoms with van der Waals surface area (Å²) < 4.78 is 0. The Morgan fingerprint density at radius 3 is 2.90 bits per heavy atom. The van der Waals surface area contributed by atoms with Crippen LogP contribution in [0.2, 0.25) is 0 Å². The van der Waals surface area contributed by atoms with Gasteiger partial charge in [0.15, 0.2) is 0 Å². The number of likely N-dealkylation sites (tertiary alicyclic amines) is 2. The molecule has 1 unspecified atom stereocenters. The fourth-order valence-electron chi connectivity index (χ4n) is 3.28. The molecule has 1 amide bonds. The SMILES string of the molecule is CNc1cnccc1C(=O)N1CCC(N2CCCC2)C1. The summed E-state index contributed by atoms with van der Waals surface area (Å²) in [6.45, 7) is 4.13. The zero-order chi connectivity index (χ0) is 13.9. The molecule has 0 bridgehead atoms. The van der Waals surface area contributed by atoms with Crippen molar-refractivity contribution in [3.63, 3.8) is 0 Å². The van der Waals surface area contributed by atoms with Crippen LogP contribution in [0, 0.1) is 0 Å². The van der Waals surface area contributed by atoms with Crippen molar-refractivity contribution in [2.75, 3.05) is 38.5 Å². The van der Waals surface area contributed by atoms with Crippen molar-refractivity contribution < 1.29 is 4.79 Å². The molecule has 20 heavy (non-hydrogen) atoms. The average molecular weight is 274 g/mol. The van der Waals surface area contributed by atoms with Crippen LogP contribution in [0.15, 0.2) is 18.5 Å². The number of amides is 1. The molecule has 5 nitrogen and oxygen atoms in total. The first-order chi connectivity index (χ1) is 9.79. The molecule has 1 N–H and O–H groups in total. The number of pyridine rings is 1. The highest BCUT2D eigenvalue weighted by Crippen LogP contribution is 2.23. The predicted octanol–water partition coefficient (Wildman–Crippen LogP) is 1.43. The third-order valence-corrected chi connectivity index (χ3v) is 4.43. The van der Waals surface area contributed by atoms with Gasteiger partial charge in [-0.2, -0.15) is 0 Å². The summed E-state index contributed by atoms with van der Waals surface area (Å²) in [4.78, 5) is 21.2. The summed E-state index contributed by atoms with van der Waals surface area (Å²) in [5, 5.41) is 3.05. The van der Waals surface area contributed by atoms with E-state index in [4.69, 9.17) is 0 Å². The normalized spacial score (nSPS) is 23.2. The van der Waals surface area contributed by atoms with Crippen LogP contribution in [-0.2, 0) is 0 Å². The van der Waals surface area contributed by atoms with Crippen molar-refractivity contribution >= 4 is 11.6 Å². The van der Waals surface area contributed by atoms with Crippen LogP contribution in [0.4, 0.5) is 5.69 Å². The first-order valence-corrected chi connectivity index (χ1v) is 7.44. The van der Waals surface area contributed by atoms with Crippen LogP contribution < -0.4 is 5.32 Å². The Labute approximate surface area is 120 Å². The van der Waals surface area contributed by atoms with Crippen molar-refractivity contribution in [1.82, 2.24) is 14.8 Å². The zero-order valence-corrected chi connectivity index (χ0v) is 12.0. The topological polar surface area (TPSA) is 48.5 Å². The van der Waals surface area contributed by atoms with E-state index in [2.05, 4.69) is 15.2 Å². The van der Waals surface area contributed by atoms with Gasteiger partial charge in [0.25, 0.3) is 5.91 Å². The van der Waals surface area contributed by atoms with Crippen molar-refractivity contribution in [2.24, 2.45) is 0 Å². The van der Waals surface area contributed by atoms with Gasteiger partial charge in [-0.15, -0.1) is 0 Å². The molecule has 1 aromatic rings. The number of anilines is 1. The molecule has 1 atom stereocenters. The lowest BCUT2D eigenvalue weighted by atomic mass is 10.2. The minimum Gasteiger partial charge on any atom is -0.386 e. The van der Waals surface area contributed by atoms with Crippen molar-refractivity contribution in [2.45, 2.75) is 25.3 Å². The maximum atomic E-state index is 12.6. The highest BCUT2D eigenvalue weighted by atomic mass is 16.2. The number of nitrogens with zero attached hydrogens (tertiary/aromatic N) is 3. The quantitative estimate of drug-likeness (QED) is 0.906. The molecule has 0 aliphatic carbocycles. The second-order valence-electron chi connectivity index (χ2n) is 5.61. The van der Waals surface area contributed by atoms with E-state index in [0.29, 0.717) is 6.04 Å². The van der Waals surface area contributed by atoms with E-state index in [0.717, 1.165) is 30.8 Å². The number of hydrogen-bond acceptors (Lipinski definition) is 4. The summed E-state index contributed by atoms with van der Waals surface area (Å²) in [6.07, 6.45) is 7.10. The Balaban J connectivity index is 1.69. The third-order valence-electron chi connectivity index (χ3n) is 4.43. The number of hydrogen-bond donors (Lipinski definition) is 1. The average Bonchev–Trinajstić information content (AvgIpc) is 3.16. The minimum atomic E-state index is 0.124. The van der Waals surface area contributed by atoms with E-state index in [1.807, 2.05) is 11.9 Å². The number of nitrogens with one attached hydrogen (secondary N) is 1. The molecule has 0 radical (unpaired) electrons. The van der Waals surface area contributed by atoms with Crippen LogP contribution in [0.5, 0.6) is 0 Å². The molecule has 3 rings (SSSR count).